The van der Waals surface area contributed by atoms with Gasteiger partial charge in [-0.3, -0.25) is 15.0 Å². The third kappa shape index (κ3) is 5.95. The summed E-state index contributed by atoms with van der Waals surface area (Å²) in [6.45, 7) is 3.12. The van der Waals surface area contributed by atoms with Gasteiger partial charge in [0.1, 0.15) is 21.3 Å². The highest BCUT2D eigenvalue weighted by Crippen LogP contribution is 2.33. The first-order valence-electron chi connectivity index (χ1n) is 14.6. The van der Waals surface area contributed by atoms with Gasteiger partial charge in [-0.05, 0) is 79.4 Å². The molecule has 5 aromatic heterocycles. The summed E-state index contributed by atoms with van der Waals surface area (Å²) >= 11 is 0. The number of fused-ring (bicyclic) bond motifs is 2. The topological polar surface area (TPSA) is 133 Å². The number of hydrogen-bond donors (Lipinski definition) is 2. The van der Waals surface area contributed by atoms with E-state index in [2.05, 4.69) is 41.1 Å². The lowest BCUT2D eigenvalue weighted by molar-refractivity contribution is 0.220. The number of aromatic nitrogens is 7. The van der Waals surface area contributed by atoms with Crippen molar-refractivity contribution in [3.05, 3.63) is 78.1 Å². The molecule has 1 saturated heterocycles. The molecule has 1 aliphatic heterocycles. The highest BCUT2D eigenvalue weighted by Gasteiger charge is 2.18. The fraction of sp³-hybridized carbons (Fsp3) is 0.281. The number of imidazole rings is 1. The molecule has 0 spiro atoms. The zero-order valence-corrected chi connectivity index (χ0v) is 25.0. The van der Waals surface area contributed by atoms with E-state index in [0.717, 1.165) is 36.1 Å². The van der Waals surface area contributed by atoms with E-state index in [1.54, 1.807) is 24.5 Å². The standard InChI is InChI=1S/C32H31FN8O2S/c1-44(42,43)10-6-20-11-22(14-25(33)13-20)26-5-7-35-31-28(26)37-32(38-31)29-27-15-24(18-36-30(27)40-39-29)23-12-21(16-34-17-23)19-41-8-3-2-4-9-41/h5,7,11-18H,2-4,6,8-10,19H2,1H3,(H,35,37,38)(H,36,39,40). The van der Waals surface area contributed by atoms with Crippen molar-refractivity contribution in [2.75, 3.05) is 25.1 Å². The molecule has 6 aromatic rings. The predicted octanol–water partition coefficient (Wildman–Crippen LogP) is 5.34. The monoisotopic (exact) mass is 610 g/mol. The predicted molar refractivity (Wildman–Crippen MR) is 168 cm³/mol. The van der Waals surface area contributed by atoms with Crippen LogP contribution < -0.4 is 0 Å². The minimum Gasteiger partial charge on any atom is -0.335 e. The Morgan fingerprint density at radius 2 is 1.73 bits per heavy atom. The molecule has 10 nitrogen and oxygen atoms in total. The summed E-state index contributed by atoms with van der Waals surface area (Å²) in [7, 11) is -3.19. The molecule has 12 heteroatoms. The van der Waals surface area contributed by atoms with Crippen LogP contribution in [-0.2, 0) is 22.8 Å². The normalized spacial score (nSPS) is 14.5. The van der Waals surface area contributed by atoms with Gasteiger partial charge in [0.15, 0.2) is 17.1 Å². The molecule has 0 atom stereocenters. The molecule has 0 unspecified atom stereocenters. The van der Waals surface area contributed by atoms with Crippen LogP contribution in [0.5, 0.6) is 0 Å². The van der Waals surface area contributed by atoms with Crippen LogP contribution in [0.1, 0.15) is 30.4 Å². The van der Waals surface area contributed by atoms with E-state index in [0.29, 0.717) is 45.0 Å². The lowest BCUT2D eigenvalue weighted by Crippen LogP contribution is -2.29. The first kappa shape index (κ1) is 28.2. The molecular formula is C32H31FN8O2S. The van der Waals surface area contributed by atoms with E-state index < -0.39 is 15.7 Å². The number of aryl methyl sites for hydroxylation is 1. The van der Waals surface area contributed by atoms with Gasteiger partial charge in [0, 0.05) is 54.3 Å². The molecule has 1 aromatic carbocycles. The summed E-state index contributed by atoms with van der Waals surface area (Å²) in [6.07, 6.45) is 12.4. The van der Waals surface area contributed by atoms with Crippen LogP contribution in [0.3, 0.4) is 0 Å². The van der Waals surface area contributed by atoms with Crippen molar-refractivity contribution in [2.24, 2.45) is 0 Å². The van der Waals surface area contributed by atoms with Gasteiger partial charge in [0.05, 0.1) is 16.7 Å². The quantitative estimate of drug-likeness (QED) is 0.236. The lowest BCUT2D eigenvalue weighted by Gasteiger charge is -2.26. The maximum absolute atomic E-state index is 14.6. The number of piperidine rings is 1. The Labute approximate surface area is 253 Å². The summed E-state index contributed by atoms with van der Waals surface area (Å²) in [6, 6.07) is 10.6. The van der Waals surface area contributed by atoms with Crippen molar-refractivity contribution in [1.82, 2.24) is 40.0 Å². The largest absolute Gasteiger partial charge is 0.335 e. The number of rotatable bonds is 8. The Morgan fingerprint density at radius 1 is 0.909 bits per heavy atom. The maximum atomic E-state index is 14.6. The Hall–Kier alpha value is -4.55. The smallest absolute Gasteiger partial charge is 0.181 e. The molecule has 1 fully saturated rings. The molecule has 224 valence electrons. The fourth-order valence-electron chi connectivity index (χ4n) is 5.87. The van der Waals surface area contributed by atoms with Gasteiger partial charge < -0.3 is 4.98 Å². The van der Waals surface area contributed by atoms with Gasteiger partial charge >= 0.3 is 0 Å². The first-order chi connectivity index (χ1) is 21.3. The average Bonchev–Trinajstić information content (AvgIpc) is 3.64. The molecule has 0 radical (unpaired) electrons. The van der Waals surface area contributed by atoms with Crippen molar-refractivity contribution in [3.63, 3.8) is 0 Å². The highest BCUT2D eigenvalue weighted by atomic mass is 32.2. The number of benzene rings is 1. The van der Waals surface area contributed by atoms with Crippen molar-refractivity contribution in [1.29, 1.82) is 0 Å². The summed E-state index contributed by atoms with van der Waals surface area (Å²) in [5, 5.41) is 8.26. The summed E-state index contributed by atoms with van der Waals surface area (Å²) in [5.74, 6) is 0.0211. The second-order valence-electron chi connectivity index (χ2n) is 11.5. The van der Waals surface area contributed by atoms with Crippen molar-refractivity contribution in [2.45, 2.75) is 32.2 Å². The number of likely N-dealkylation sites (tertiary alicyclic amines) is 1. The van der Waals surface area contributed by atoms with Gasteiger partial charge in [-0.25, -0.2) is 27.8 Å². The lowest BCUT2D eigenvalue weighted by atomic mass is 10.0. The highest BCUT2D eigenvalue weighted by molar-refractivity contribution is 7.90. The molecule has 0 aliphatic carbocycles. The van der Waals surface area contributed by atoms with E-state index in [9.17, 15) is 12.8 Å². The number of halogens is 1. The van der Waals surface area contributed by atoms with E-state index in [-0.39, 0.29) is 12.2 Å². The third-order valence-corrected chi connectivity index (χ3v) is 9.00. The third-order valence-electron chi connectivity index (χ3n) is 8.05. The fourth-order valence-corrected chi connectivity index (χ4v) is 6.48. The second kappa shape index (κ2) is 11.5. The molecular weight excluding hydrogens is 579 g/mol. The number of nitrogens with zero attached hydrogens (tertiary/aromatic N) is 6. The zero-order chi connectivity index (χ0) is 30.3. The van der Waals surface area contributed by atoms with Gasteiger partial charge in [-0.15, -0.1) is 0 Å². The molecule has 0 saturated carbocycles. The number of nitrogens with one attached hydrogen (secondary N) is 2. The zero-order valence-electron chi connectivity index (χ0n) is 24.2. The number of aromatic amines is 2. The Morgan fingerprint density at radius 3 is 2.57 bits per heavy atom. The molecule has 7 rings (SSSR count). The minimum atomic E-state index is -3.19. The SMILES string of the molecule is CS(=O)(=O)CCc1cc(F)cc(-c2ccnc3nc(-c4[nH]nc5ncc(-c6cncc(CN7CCCCC7)c6)cc45)[nH]c23)c1. The number of hydrogen-bond acceptors (Lipinski definition) is 8. The van der Waals surface area contributed by atoms with E-state index in [1.807, 2.05) is 18.5 Å². The van der Waals surface area contributed by atoms with E-state index in [1.165, 1.54) is 43.2 Å². The van der Waals surface area contributed by atoms with Crippen molar-refractivity contribution < 1.29 is 12.8 Å². The summed E-state index contributed by atoms with van der Waals surface area (Å²) < 4.78 is 38.0. The van der Waals surface area contributed by atoms with Crippen LogP contribution in [0.2, 0.25) is 0 Å². The number of sulfone groups is 1. The van der Waals surface area contributed by atoms with Gasteiger partial charge in [-0.2, -0.15) is 5.10 Å². The molecule has 0 amide bonds. The average molecular weight is 611 g/mol. The molecule has 2 N–H and O–H groups in total. The Kier molecular flexibility index (Phi) is 7.39. The van der Waals surface area contributed by atoms with Crippen LogP contribution in [0.25, 0.3) is 56.0 Å². The van der Waals surface area contributed by atoms with Crippen LogP contribution in [0.15, 0.2) is 61.2 Å². The van der Waals surface area contributed by atoms with Crippen LogP contribution in [-0.4, -0.2) is 73.5 Å². The first-order valence-corrected chi connectivity index (χ1v) is 16.7. The van der Waals surface area contributed by atoms with Crippen molar-refractivity contribution in [3.8, 4) is 33.8 Å². The summed E-state index contributed by atoms with van der Waals surface area (Å²) in [5.41, 5.74) is 7.27. The minimum absolute atomic E-state index is 0.0580. The molecule has 0 bridgehead atoms. The van der Waals surface area contributed by atoms with Crippen LogP contribution >= 0.6 is 0 Å². The van der Waals surface area contributed by atoms with E-state index in [4.69, 9.17) is 4.98 Å². The molecule has 6 heterocycles. The Balaban J connectivity index is 1.23. The van der Waals surface area contributed by atoms with Crippen molar-refractivity contribution >= 4 is 32.0 Å². The van der Waals surface area contributed by atoms with E-state index >= 15 is 0 Å². The van der Waals surface area contributed by atoms with Crippen LogP contribution in [0, 0.1) is 5.82 Å². The number of pyridine rings is 3. The van der Waals surface area contributed by atoms with Gasteiger partial charge in [-0.1, -0.05) is 12.5 Å². The maximum Gasteiger partial charge on any atom is 0.181 e. The van der Waals surface area contributed by atoms with Gasteiger partial charge in [0.25, 0.3) is 0 Å². The van der Waals surface area contributed by atoms with Crippen LogP contribution in [0.4, 0.5) is 4.39 Å². The Bertz CT molecular complexity index is 2100. The van der Waals surface area contributed by atoms with Gasteiger partial charge in [0.2, 0.25) is 0 Å². The second-order valence-corrected chi connectivity index (χ2v) is 13.7. The molecule has 1 aliphatic rings. The number of H-pyrrole nitrogens is 2. The molecule has 44 heavy (non-hydrogen) atoms. The summed E-state index contributed by atoms with van der Waals surface area (Å²) in [4.78, 5) is 24.1.